The van der Waals surface area contributed by atoms with E-state index in [1.54, 1.807) is 5.57 Å². The van der Waals surface area contributed by atoms with E-state index in [1.165, 1.54) is 22.3 Å². The van der Waals surface area contributed by atoms with Crippen molar-refractivity contribution in [2.24, 2.45) is 11.7 Å². The molecule has 1 aliphatic heterocycles. The van der Waals surface area contributed by atoms with Crippen molar-refractivity contribution < 1.29 is 4.74 Å². The minimum Gasteiger partial charge on any atom is -0.493 e. The number of hydrogen-bond donors (Lipinski definition) is 1. The molecule has 0 bridgehead atoms. The van der Waals surface area contributed by atoms with Gasteiger partial charge in [-0.3, -0.25) is 0 Å². The van der Waals surface area contributed by atoms with E-state index in [1.807, 2.05) is 0 Å². The van der Waals surface area contributed by atoms with Crippen LogP contribution in [0, 0.1) is 5.92 Å². The van der Waals surface area contributed by atoms with Crippen LogP contribution in [0.1, 0.15) is 37.0 Å². The lowest BCUT2D eigenvalue weighted by atomic mass is 9.93. The van der Waals surface area contributed by atoms with Crippen molar-refractivity contribution >= 4 is 18.0 Å². The Morgan fingerprint density at radius 2 is 2.11 bits per heavy atom. The molecule has 104 valence electrons. The highest BCUT2D eigenvalue weighted by Gasteiger charge is 2.28. The van der Waals surface area contributed by atoms with Gasteiger partial charge in [0.15, 0.2) is 0 Å². The number of rotatable bonds is 3. The largest absolute Gasteiger partial charge is 0.493 e. The highest BCUT2D eigenvalue weighted by Crippen LogP contribution is 2.44. The topological polar surface area (TPSA) is 35.2 Å². The van der Waals surface area contributed by atoms with Gasteiger partial charge < -0.3 is 10.5 Å². The van der Waals surface area contributed by atoms with Crippen LogP contribution in [0.25, 0.3) is 5.57 Å². The van der Waals surface area contributed by atoms with Crippen molar-refractivity contribution in [3.63, 3.8) is 0 Å². The lowest BCUT2D eigenvalue weighted by Gasteiger charge is -2.12. The van der Waals surface area contributed by atoms with E-state index >= 15 is 0 Å². The zero-order chi connectivity index (χ0) is 12.7. The third-order valence-electron chi connectivity index (χ3n) is 4.13. The maximum atomic E-state index is 5.81. The van der Waals surface area contributed by atoms with Crippen LogP contribution in [0.15, 0.2) is 17.7 Å². The summed E-state index contributed by atoms with van der Waals surface area (Å²) in [7, 11) is 0. The molecule has 0 aromatic heterocycles. The number of benzene rings is 1. The van der Waals surface area contributed by atoms with Gasteiger partial charge in [0.05, 0.1) is 6.61 Å². The Morgan fingerprint density at radius 3 is 2.79 bits per heavy atom. The molecule has 2 aliphatic rings. The minimum absolute atomic E-state index is 0. The van der Waals surface area contributed by atoms with Gasteiger partial charge in [0.1, 0.15) is 5.75 Å². The molecule has 1 aromatic rings. The van der Waals surface area contributed by atoms with E-state index in [4.69, 9.17) is 10.5 Å². The first kappa shape index (κ1) is 14.4. The predicted molar refractivity (Wildman–Crippen MR) is 82.0 cm³/mol. The number of fused-ring (bicyclic) bond motifs is 3. The Hall–Kier alpha value is -0.990. The zero-order valence-corrected chi connectivity index (χ0v) is 12.5. The van der Waals surface area contributed by atoms with Gasteiger partial charge in [-0.1, -0.05) is 25.5 Å². The van der Waals surface area contributed by atoms with Crippen molar-refractivity contribution in [3.05, 3.63) is 34.4 Å². The molecule has 3 rings (SSSR count). The second-order valence-electron chi connectivity index (χ2n) is 5.55. The monoisotopic (exact) mass is 279 g/mol. The van der Waals surface area contributed by atoms with Gasteiger partial charge in [0.25, 0.3) is 0 Å². The van der Waals surface area contributed by atoms with Crippen molar-refractivity contribution in [2.75, 3.05) is 13.2 Å². The van der Waals surface area contributed by atoms with Crippen molar-refractivity contribution in [3.8, 4) is 5.75 Å². The molecule has 0 spiro atoms. The molecule has 3 heteroatoms. The lowest BCUT2D eigenvalue weighted by molar-refractivity contribution is 0.357. The summed E-state index contributed by atoms with van der Waals surface area (Å²) in [5, 5.41) is 0. The molecular weight excluding hydrogens is 258 g/mol. The minimum atomic E-state index is 0. The van der Waals surface area contributed by atoms with Gasteiger partial charge in [-0.2, -0.15) is 0 Å². The van der Waals surface area contributed by atoms with E-state index in [9.17, 15) is 0 Å². The summed E-state index contributed by atoms with van der Waals surface area (Å²) >= 11 is 0. The third-order valence-corrected chi connectivity index (χ3v) is 4.13. The average Bonchev–Trinajstić information content (AvgIpc) is 2.92. The lowest BCUT2D eigenvalue weighted by Crippen LogP contribution is -2.03. The summed E-state index contributed by atoms with van der Waals surface area (Å²) in [6.45, 7) is 6.14. The van der Waals surface area contributed by atoms with Crippen LogP contribution >= 0.6 is 12.4 Å². The van der Waals surface area contributed by atoms with Crippen LogP contribution < -0.4 is 10.5 Å². The maximum Gasteiger partial charge on any atom is 0.123 e. The van der Waals surface area contributed by atoms with E-state index in [0.717, 1.165) is 38.2 Å². The summed E-state index contributed by atoms with van der Waals surface area (Å²) in [5.74, 6) is 1.70. The Balaban J connectivity index is 0.00000133. The predicted octanol–water partition coefficient (Wildman–Crippen LogP) is 3.36. The van der Waals surface area contributed by atoms with Crippen LogP contribution in [-0.4, -0.2) is 13.2 Å². The highest BCUT2D eigenvalue weighted by molar-refractivity contribution is 5.85. The second-order valence-corrected chi connectivity index (χ2v) is 5.55. The molecule has 0 radical (unpaired) electrons. The van der Waals surface area contributed by atoms with E-state index in [2.05, 4.69) is 26.0 Å². The Kier molecular flexibility index (Phi) is 4.22. The molecule has 0 atom stereocenters. The number of ether oxygens (including phenoxy) is 1. The fourth-order valence-electron chi connectivity index (χ4n) is 3.30. The summed E-state index contributed by atoms with van der Waals surface area (Å²) < 4.78 is 5.69. The number of allylic oxidation sites excluding steroid dienone is 1. The molecule has 1 heterocycles. The summed E-state index contributed by atoms with van der Waals surface area (Å²) in [4.78, 5) is 0. The van der Waals surface area contributed by atoms with Gasteiger partial charge in [-0.25, -0.2) is 0 Å². The van der Waals surface area contributed by atoms with E-state index < -0.39 is 0 Å². The summed E-state index contributed by atoms with van der Waals surface area (Å²) in [6, 6.07) is 4.38. The van der Waals surface area contributed by atoms with Crippen LogP contribution in [0.4, 0.5) is 0 Å². The van der Waals surface area contributed by atoms with Crippen molar-refractivity contribution in [2.45, 2.75) is 33.1 Å². The SMILES string of the molecule is CC(C)C1=C(CCN)c2c(ccc3c2CCO3)C1.Cl. The van der Waals surface area contributed by atoms with E-state index in [-0.39, 0.29) is 12.4 Å². The second kappa shape index (κ2) is 5.56. The molecule has 0 saturated heterocycles. The van der Waals surface area contributed by atoms with Crippen LogP contribution in [0.5, 0.6) is 5.75 Å². The van der Waals surface area contributed by atoms with Gasteiger partial charge in [-0.15, -0.1) is 12.4 Å². The maximum absolute atomic E-state index is 5.81. The van der Waals surface area contributed by atoms with Crippen molar-refractivity contribution in [1.82, 2.24) is 0 Å². The number of hydrogen-bond acceptors (Lipinski definition) is 2. The first-order valence-corrected chi connectivity index (χ1v) is 6.92. The summed E-state index contributed by atoms with van der Waals surface area (Å²) in [6.07, 6.45) is 3.16. The summed E-state index contributed by atoms with van der Waals surface area (Å²) in [5.41, 5.74) is 13.3. The fraction of sp³-hybridized carbons (Fsp3) is 0.500. The molecule has 0 unspecified atom stereocenters. The van der Waals surface area contributed by atoms with Crippen LogP contribution in [-0.2, 0) is 12.8 Å². The fourth-order valence-corrected chi connectivity index (χ4v) is 3.30. The molecule has 0 amide bonds. The average molecular weight is 280 g/mol. The standard InChI is InChI=1S/C16H21NO.ClH/c1-10(2)14-9-11-3-4-15-13(6-8-18-15)16(11)12(14)5-7-17;/h3-4,10H,5-9,17H2,1-2H3;1H. The molecule has 1 aromatic carbocycles. The molecular formula is C16H22ClNO. The Labute approximate surface area is 121 Å². The number of halogens is 1. The molecule has 1 aliphatic carbocycles. The van der Waals surface area contributed by atoms with Gasteiger partial charge in [-0.05, 0) is 48.1 Å². The van der Waals surface area contributed by atoms with Crippen molar-refractivity contribution in [1.29, 1.82) is 0 Å². The molecule has 0 fully saturated rings. The molecule has 0 saturated carbocycles. The van der Waals surface area contributed by atoms with E-state index in [0.29, 0.717) is 5.92 Å². The normalized spacial score (nSPS) is 16.2. The molecule has 2 nitrogen and oxygen atoms in total. The van der Waals surface area contributed by atoms with Gasteiger partial charge >= 0.3 is 0 Å². The van der Waals surface area contributed by atoms with Crippen LogP contribution in [0.2, 0.25) is 0 Å². The van der Waals surface area contributed by atoms with Gasteiger partial charge in [0, 0.05) is 12.0 Å². The first-order chi connectivity index (χ1) is 8.72. The highest BCUT2D eigenvalue weighted by atomic mass is 35.5. The van der Waals surface area contributed by atoms with Crippen LogP contribution in [0.3, 0.4) is 0 Å². The first-order valence-electron chi connectivity index (χ1n) is 6.92. The smallest absolute Gasteiger partial charge is 0.123 e. The molecule has 2 N–H and O–H groups in total. The third kappa shape index (κ3) is 2.28. The number of nitrogens with two attached hydrogens (primary N) is 1. The molecule has 19 heavy (non-hydrogen) atoms. The Morgan fingerprint density at radius 1 is 1.32 bits per heavy atom. The zero-order valence-electron chi connectivity index (χ0n) is 11.7. The van der Waals surface area contributed by atoms with Gasteiger partial charge in [0.2, 0.25) is 0 Å². The Bertz CT molecular complexity index is 520. The quantitative estimate of drug-likeness (QED) is 0.921.